The quantitative estimate of drug-likeness (QED) is 0.480. The summed E-state index contributed by atoms with van der Waals surface area (Å²) in [7, 11) is 1.23. The molecule has 2 heterocycles. The van der Waals surface area contributed by atoms with E-state index in [2.05, 4.69) is 32.4 Å². The van der Waals surface area contributed by atoms with Crippen LogP contribution in [0.25, 0.3) is 0 Å². The van der Waals surface area contributed by atoms with E-state index < -0.39 is 29.5 Å². The Morgan fingerprint density at radius 3 is 2.51 bits per heavy atom. The Labute approximate surface area is 240 Å². The normalized spacial score (nSPS) is 32.0. The molecule has 2 fully saturated rings. The Morgan fingerprint density at radius 2 is 1.88 bits per heavy atom. The number of carboxylic acid groups (broad SMARTS) is 1. The third kappa shape index (κ3) is 4.27. The Balaban J connectivity index is 1.51. The first-order chi connectivity index (χ1) is 19.2. The minimum atomic E-state index is -1.23. The molecule has 0 radical (unpaired) electrons. The van der Waals surface area contributed by atoms with Crippen molar-refractivity contribution >= 4 is 23.8 Å². The second-order valence-electron chi connectivity index (χ2n) is 13.2. The smallest absolute Gasteiger partial charge is 0.326 e. The molecule has 41 heavy (non-hydrogen) atoms. The van der Waals surface area contributed by atoms with Crippen molar-refractivity contribution in [2.45, 2.75) is 104 Å². The molecule has 1 unspecified atom stereocenters. The highest BCUT2D eigenvalue weighted by Gasteiger charge is 2.68. The Kier molecular flexibility index (Phi) is 7.06. The standard InChI is InChI=1S/C31H41NO9/c1-16-7-9-23-29(3,4)24(40-17(2)33)11-12-30(23,5)31(16)14-19-22(34)13-18-20(26(19)41-31)15-32(27(18)36)21(28(37)38)8-10-25(35)39-6/h13,16,21,23-24,34H,7-12,14-15H2,1-6H3,(H,37,38)/t16-,21+,23?,24-,30+,31-/m1/s1. The molecule has 5 rings (SSSR count). The van der Waals surface area contributed by atoms with E-state index in [1.807, 2.05) is 0 Å². The van der Waals surface area contributed by atoms with Crippen molar-refractivity contribution in [1.29, 1.82) is 0 Å². The highest BCUT2D eigenvalue weighted by Crippen LogP contribution is 2.67. The molecule has 224 valence electrons. The molecule has 2 aliphatic carbocycles. The van der Waals surface area contributed by atoms with Crippen LogP contribution in [0.4, 0.5) is 0 Å². The van der Waals surface area contributed by atoms with Gasteiger partial charge in [0.1, 0.15) is 29.2 Å². The molecule has 1 amide bonds. The number of rotatable bonds is 6. The summed E-state index contributed by atoms with van der Waals surface area (Å²) in [6, 6.07) is 0.211. The third-order valence-corrected chi connectivity index (χ3v) is 10.9. The van der Waals surface area contributed by atoms with E-state index in [1.165, 1.54) is 25.0 Å². The summed E-state index contributed by atoms with van der Waals surface area (Å²) in [5.41, 5.74) is 0.191. The van der Waals surface area contributed by atoms with Crippen LogP contribution >= 0.6 is 0 Å². The van der Waals surface area contributed by atoms with Crippen molar-refractivity contribution < 1.29 is 43.6 Å². The minimum absolute atomic E-state index is 0.0134. The highest BCUT2D eigenvalue weighted by atomic mass is 16.5. The van der Waals surface area contributed by atoms with Crippen LogP contribution in [-0.4, -0.2) is 63.8 Å². The van der Waals surface area contributed by atoms with Gasteiger partial charge >= 0.3 is 17.9 Å². The monoisotopic (exact) mass is 571 g/mol. The predicted octanol–water partition coefficient (Wildman–Crippen LogP) is 4.23. The van der Waals surface area contributed by atoms with Crippen LogP contribution in [0.5, 0.6) is 11.5 Å². The lowest BCUT2D eigenvalue weighted by Crippen LogP contribution is -2.67. The summed E-state index contributed by atoms with van der Waals surface area (Å²) < 4.78 is 17.5. The molecule has 1 spiro atoms. The van der Waals surface area contributed by atoms with E-state index in [9.17, 15) is 29.4 Å². The molecule has 4 aliphatic rings. The number of carbonyl (C=O) groups excluding carboxylic acids is 3. The largest absolute Gasteiger partial charge is 0.508 e. The van der Waals surface area contributed by atoms with Crippen molar-refractivity contribution in [2.24, 2.45) is 22.7 Å². The number of aromatic hydroxyl groups is 1. The number of benzene rings is 1. The molecular formula is C31H41NO9. The first-order valence-corrected chi connectivity index (χ1v) is 14.5. The molecular weight excluding hydrogens is 530 g/mol. The molecule has 2 N–H and O–H groups in total. The number of hydrogen-bond donors (Lipinski definition) is 2. The summed E-state index contributed by atoms with van der Waals surface area (Å²) in [5, 5.41) is 21.1. The first kappa shape index (κ1) is 29.2. The number of nitrogens with zero attached hydrogens (tertiary/aromatic N) is 1. The van der Waals surface area contributed by atoms with E-state index in [-0.39, 0.29) is 65.4 Å². The van der Waals surface area contributed by atoms with Crippen LogP contribution in [0.1, 0.15) is 94.6 Å². The van der Waals surface area contributed by atoms with E-state index in [0.29, 0.717) is 29.7 Å². The van der Waals surface area contributed by atoms with Crippen molar-refractivity contribution in [1.82, 2.24) is 4.90 Å². The van der Waals surface area contributed by atoms with Crippen LogP contribution < -0.4 is 4.74 Å². The van der Waals surface area contributed by atoms with Crippen LogP contribution in [0.3, 0.4) is 0 Å². The Hall–Kier alpha value is -3.30. The van der Waals surface area contributed by atoms with Crippen molar-refractivity contribution in [3.05, 3.63) is 22.8 Å². The highest BCUT2D eigenvalue weighted by molar-refractivity contribution is 6.02. The number of carboxylic acids is 1. The third-order valence-electron chi connectivity index (χ3n) is 10.9. The van der Waals surface area contributed by atoms with Crippen molar-refractivity contribution in [3.63, 3.8) is 0 Å². The van der Waals surface area contributed by atoms with Crippen molar-refractivity contribution in [2.75, 3.05) is 7.11 Å². The van der Waals surface area contributed by atoms with Crippen LogP contribution in [-0.2, 0) is 36.8 Å². The van der Waals surface area contributed by atoms with E-state index in [1.54, 1.807) is 0 Å². The number of fused-ring (bicyclic) bond motifs is 5. The van der Waals surface area contributed by atoms with Gasteiger partial charge in [-0.25, -0.2) is 4.79 Å². The van der Waals surface area contributed by atoms with E-state index in [4.69, 9.17) is 9.47 Å². The summed E-state index contributed by atoms with van der Waals surface area (Å²) in [5.74, 6) is -1.78. The van der Waals surface area contributed by atoms with Gasteiger partial charge in [0.05, 0.1) is 19.2 Å². The van der Waals surface area contributed by atoms with Crippen molar-refractivity contribution in [3.8, 4) is 11.5 Å². The SMILES string of the molecule is COC(=O)CC[C@@H](C(=O)O)N1Cc2c(cc(O)c3c2O[C@]2(C3)[C@H](C)CCC3C(C)(C)[C@H](OC(C)=O)CC[C@@]32C)C1=O. The maximum absolute atomic E-state index is 13.5. The number of methoxy groups -OCH3 is 1. The average Bonchev–Trinajstić information content (AvgIpc) is 3.45. The molecule has 0 aromatic heterocycles. The molecule has 2 aliphatic heterocycles. The molecule has 1 aromatic carbocycles. The second kappa shape index (κ2) is 9.91. The molecule has 0 bridgehead atoms. The zero-order valence-corrected chi connectivity index (χ0v) is 24.7. The lowest BCUT2D eigenvalue weighted by molar-refractivity contribution is -0.218. The maximum atomic E-state index is 13.5. The van der Waals surface area contributed by atoms with Gasteiger partial charge in [0.15, 0.2) is 0 Å². The molecule has 10 heteroatoms. The van der Waals surface area contributed by atoms with Gasteiger partial charge in [-0.05, 0) is 50.0 Å². The topological polar surface area (TPSA) is 140 Å². The molecule has 0 saturated heterocycles. The van der Waals surface area contributed by atoms with Gasteiger partial charge in [-0.1, -0.05) is 27.7 Å². The molecule has 6 atom stereocenters. The van der Waals surface area contributed by atoms with Crippen LogP contribution in [0.2, 0.25) is 0 Å². The van der Waals surface area contributed by atoms with Gasteiger partial charge in [-0.15, -0.1) is 0 Å². The molecule has 10 nitrogen and oxygen atoms in total. The average molecular weight is 572 g/mol. The lowest BCUT2D eigenvalue weighted by atomic mass is 9.43. The Morgan fingerprint density at radius 1 is 1.17 bits per heavy atom. The fourth-order valence-corrected chi connectivity index (χ4v) is 8.71. The van der Waals surface area contributed by atoms with Gasteiger partial charge in [-0.2, -0.15) is 0 Å². The number of esters is 2. The number of phenols is 1. The lowest BCUT2D eigenvalue weighted by Gasteiger charge is -2.64. The second-order valence-corrected chi connectivity index (χ2v) is 13.2. The van der Waals surface area contributed by atoms with Crippen LogP contribution in [0, 0.1) is 22.7 Å². The van der Waals surface area contributed by atoms with Gasteiger partial charge < -0.3 is 29.3 Å². The number of carbonyl (C=O) groups is 4. The summed E-state index contributed by atoms with van der Waals surface area (Å²) in [6.07, 6.45) is 3.38. The number of hydrogen-bond acceptors (Lipinski definition) is 8. The van der Waals surface area contributed by atoms with E-state index >= 15 is 0 Å². The number of amides is 1. The first-order valence-electron chi connectivity index (χ1n) is 14.5. The minimum Gasteiger partial charge on any atom is -0.508 e. The maximum Gasteiger partial charge on any atom is 0.326 e. The summed E-state index contributed by atoms with van der Waals surface area (Å²) in [6.45, 7) is 10.2. The van der Waals surface area contributed by atoms with Gasteiger partial charge in [0.25, 0.3) is 5.91 Å². The molecule has 2 saturated carbocycles. The fraction of sp³-hybridized carbons (Fsp3) is 0.677. The molecule has 1 aromatic rings. The zero-order chi connectivity index (χ0) is 30.1. The van der Waals surface area contributed by atoms with E-state index in [0.717, 1.165) is 19.3 Å². The predicted molar refractivity (Wildman–Crippen MR) is 146 cm³/mol. The summed E-state index contributed by atoms with van der Waals surface area (Å²) in [4.78, 5) is 50.5. The van der Waals surface area contributed by atoms with Gasteiger partial charge in [0.2, 0.25) is 0 Å². The zero-order valence-electron chi connectivity index (χ0n) is 24.7. The fourth-order valence-electron chi connectivity index (χ4n) is 8.71. The Bertz CT molecular complexity index is 1300. The number of aliphatic carboxylic acids is 1. The van der Waals surface area contributed by atoms with Crippen LogP contribution in [0.15, 0.2) is 6.07 Å². The number of phenolic OH excluding ortho intramolecular Hbond substituents is 1. The van der Waals surface area contributed by atoms with Gasteiger partial charge in [-0.3, -0.25) is 14.4 Å². The van der Waals surface area contributed by atoms with Gasteiger partial charge in [0, 0.05) is 41.7 Å². The number of ether oxygens (including phenoxy) is 3. The summed E-state index contributed by atoms with van der Waals surface area (Å²) >= 11 is 0.